The van der Waals surface area contributed by atoms with Crippen molar-refractivity contribution in [1.82, 2.24) is 15.3 Å². The number of nitrogens with zero attached hydrogens (tertiary/aromatic N) is 1. The molecule has 1 amide bonds. The topological polar surface area (TPSA) is 76.2 Å². The van der Waals surface area contributed by atoms with Gasteiger partial charge in [0, 0.05) is 11.6 Å². The third-order valence-electron chi connectivity index (χ3n) is 5.21. The molecular formula is C22H24BrN3O3. The lowest BCUT2D eigenvalue weighted by molar-refractivity contribution is -0.124. The second-order valence-electron chi connectivity index (χ2n) is 7.28. The molecule has 1 saturated carbocycles. The number of nitrogens with one attached hydrogen (secondary N) is 2. The van der Waals surface area contributed by atoms with Crippen LogP contribution in [0.15, 0.2) is 40.9 Å². The summed E-state index contributed by atoms with van der Waals surface area (Å²) in [4.78, 5) is 20.2. The van der Waals surface area contributed by atoms with Crippen molar-refractivity contribution < 1.29 is 14.3 Å². The van der Waals surface area contributed by atoms with Gasteiger partial charge in [0.1, 0.15) is 5.82 Å². The number of aromatic nitrogens is 2. The largest absolute Gasteiger partial charge is 0.493 e. The maximum Gasteiger partial charge on any atom is 0.258 e. The third kappa shape index (κ3) is 4.56. The van der Waals surface area contributed by atoms with Crippen molar-refractivity contribution in [2.24, 2.45) is 0 Å². The van der Waals surface area contributed by atoms with Crippen LogP contribution in [0.1, 0.15) is 32.1 Å². The van der Waals surface area contributed by atoms with Crippen LogP contribution in [-0.2, 0) is 4.79 Å². The van der Waals surface area contributed by atoms with Crippen LogP contribution in [0.5, 0.6) is 11.5 Å². The predicted molar refractivity (Wildman–Crippen MR) is 116 cm³/mol. The van der Waals surface area contributed by atoms with Crippen molar-refractivity contribution in [2.45, 2.75) is 38.1 Å². The molecule has 1 aromatic heterocycles. The minimum atomic E-state index is -0.104. The molecule has 0 spiro atoms. The van der Waals surface area contributed by atoms with Gasteiger partial charge in [0.2, 0.25) is 0 Å². The molecule has 1 aliphatic rings. The van der Waals surface area contributed by atoms with Crippen LogP contribution in [0.25, 0.3) is 22.4 Å². The highest BCUT2D eigenvalue weighted by atomic mass is 79.9. The van der Waals surface area contributed by atoms with Crippen LogP contribution < -0.4 is 14.8 Å². The zero-order valence-electron chi connectivity index (χ0n) is 16.3. The van der Waals surface area contributed by atoms with E-state index >= 15 is 0 Å². The van der Waals surface area contributed by atoms with Gasteiger partial charge in [0.05, 0.1) is 22.6 Å². The van der Waals surface area contributed by atoms with Gasteiger partial charge in [0.15, 0.2) is 18.1 Å². The van der Waals surface area contributed by atoms with Crippen LogP contribution in [0.2, 0.25) is 0 Å². The number of imidazole rings is 1. The fourth-order valence-corrected chi connectivity index (χ4v) is 4.30. The Bertz CT molecular complexity index is 979. The van der Waals surface area contributed by atoms with E-state index < -0.39 is 0 Å². The normalized spacial score (nSPS) is 14.7. The SMILES string of the molecule is COc1cc(-c2nc3ccccc3[nH]2)cc(Br)c1OCC(=O)NC1CCCCC1. The highest BCUT2D eigenvalue weighted by Gasteiger charge is 2.18. The molecule has 0 bridgehead atoms. The average Bonchev–Trinajstić information content (AvgIpc) is 3.17. The highest BCUT2D eigenvalue weighted by Crippen LogP contribution is 2.39. The van der Waals surface area contributed by atoms with Gasteiger partial charge in [0.25, 0.3) is 5.91 Å². The lowest BCUT2D eigenvalue weighted by Crippen LogP contribution is -2.39. The number of methoxy groups -OCH3 is 1. The van der Waals surface area contributed by atoms with E-state index in [1.54, 1.807) is 7.11 Å². The third-order valence-corrected chi connectivity index (χ3v) is 5.80. The second kappa shape index (κ2) is 8.86. The fraction of sp³-hybridized carbons (Fsp3) is 0.364. The molecule has 0 radical (unpaired) electrons. The first-order chi connectivity index (χ1) is 14.1. The molecular weight excluding hydrogens is 434 g/mol. The molecule has 1 aliphatic carbocycles. The quantitative estimate of drug-likeness (QED) is 0.555. The minimum Gasteiger partial charge on any atom is -0.493 e. The molecule has 3 aromatic rings. The van der Waals surface area contributed by atoms with Crippen LogP contribution >= 0.6 is 15.9 Å². The van der Waals surface area contributed by atoms with E-state index in [2.05, 4.69) is 31.2 Å². The van der Waals surface area contributed by atoms with Gasteiger partial charge in [-0.3, -0.25) is 4.79 Å². The lowest BCUT2D eigenvalue weighted by atomic mass is 9.95. The van der Waals surface area contributed by atoms with E-state index in [0.717, 1.165) is 35.3 Å². The zero-order chi connectivity index (χ0) is 20.2. The molecule has 152 valence electrons. The molecule has 0 atom stereocenters. The van der Waals surface area contributed by atoms with E-state index in [4.69, 9.17) is 9.47 Å². The Labute approximate surface area is 178 Å². The summed E-state index contributed by atoms with van der Waals surface area (Å²) in [6.07, 6.45) is 5.70. The summed E-state index contributed by atoms with van der Waals surface area (Å²) in [6, 6.07) is 11.9. The fourth-order valence-electron chi connectivity index (χ4n) is 3.74. The van der Waals surface area contributed by atoms with E-state index in [-0.39, 0.29) is 18.6 Å². The van der Waals surface area contributed by atoms with Gasteiger partial charge in [-0.2, -0.15) is 0 Å². The average molecular weight is 458 g/mol. The number of aromatic amines is 1. The van der Waals surface area contributed by atoms with Crippen molar-refractivity contribution in [3.05, 3.63) is 40.9 Å². The number of amides is 1. The predicted octanol–water partition coefficient (Wildman–Crippen LogP) is 4.83. The number of carbonyl (C=O) groups excluding carboxylic acids is 1. The molecule has 4 rings (SSSR count). The number of halogens is 1. The standard InChI is InChI=1S/C22H24BrN3O3/c1-28-19-12-14(22-25-17-9-5-6-10-18(17)26-22)11-16(23)21(19)29-13-20(27)24-15-7-3-2-4-8-15/h5-6,9-12,15H,2-4,7-8,13H2,1H3,(H,24,27)(H,25,26). The number of ether oxygens (including phenoxy) is 2. The molecule has 1 fully saturated rings. The molecule has 0 unspecified atom stereocenters. The Morgan fingerprint density at radius 2 is 2.03 bits per heavy atom. The number of hydrogen-bond donors (Lipinski definition) is 2. The first-order valence-corrected chi connectivity index (χ1v) is 10.7. The van der Waals surface area contributed by atoms with E-state index in [9.17, 15) is 4.79 Å². The van der Waals surface area contributed by atoms with Gasteiger partial charge in [-0.1, -0.05) is 31.4 Å². The summed E-state index contributed by atoms with van der Waals surface area (Å²) < 4.78 is 12.0. The van der Waals surface area contributed by atoms with Crippen LogP contribution in [0.4, 0.5) is 0 Å². The molecule has 29 heavy (non-hydrogen) atoms. The summed E-state index contributed by atoms with van der Waals surface area (Å²) >= 11 is 3.55. The van der Waals surface area contributed by atoms with E-state index in [1.807, 2.05) is 36.4 Å². The summed E-state index contributed by atoms with van der Waals surface area (Å²) in [5.41, 5.74) is 2.73. The van der Waals surface area contributed by atoms with Gasteiger partial charge in [-0.05, 0) is 53.0 Å². The van der Waals surface area contributed by atoms with Crippen molar-refractivity contribution in [2.75, 3.05) is 13.7 Å². The molecule has 7 heteroatoms. The van der Waals surface area contributed by atoms with Gasteiger partial charge in [-0.25, -0.2) is 4.98 Å². The Balaban J connectivity index is 1.49. The number of rotatable bonds is 6. The summed E-state index contributed by atoms with van der Waals surface area (Å²) in [7, 11) is 1.58. The number of H-pyrrole nitrogens is 1. The van der Waals surface area contributed by atoms with E-state index in [1.165, 1.54) is 19.3 Å². The Morgan fingerprint density at radius 3 is 2.79 bits per heavy atom. The molecule has 0 aliphatic heterocycles. The monoisotopic (exact) mass is 457 g/mol. The first-order valence-electron chi connectivity index (χ1n) is 9.89. The summed E-state index contributed by atoms with van der Waals surface area (Å²) in [5, 5.41) is 3.06. The highest BCUT2D eigenvalue weighted by molar-refractivity contribution is 9.10. The number of fused-ring (bicyclic) bond motifs is 1. The Morgan fingerprint density at radius 1 is 1.24 bits per heavy atom. The summed E-state index contributed by atoms with van der Waals surface area (Å²) in [6.45, 7) is -0.0462. The maximum absolute atomic E-state index is 12.3. The number of hydrogen-bond acceptors (Lipinski definition) is 4. The van der Waals surface area contributed by atoms with Crippen LogP contribution in [0.3, 0.4) is 0 Å². The number of benzene rings is 2. The van der Waals surface area contributed by atoms with Crippen molar-refractivity contribution in [1.29, 1.82) is 0 Å². The molecule has 0 saturated heterocycles. The van der Waals surface area contributed by atoms with Crippen molar-refractivity contribution >= 4 is 32.9 Å². The number of para-hydroxylation sites is 2. The van der Waals surface area contributed by atoms with Crippen molar-refractivity contribution in [3.8, 4) is 22.9 Å². The van der Waals surface area contributed by atoms with Crippen molar-refractivity contribution in [3.63, 3.8) is 0 Å². The Hall–Kier alpha value is -2.54. The first kappa shape index (κ1) is 19.8. The second-order valence-corrected chi connectivity index (χ2v) is 8.14. The zero-order valence-corrected chi connectivity index (χ0v) is 17.9. The Kier molecular flexibility index (Phi) is 6.04. The number of carbonyl (C=O) groups is 1. The van der Waals surface area contributed by atoms with Crippen LogP contribution in [0, 0.1) is 0 Å². The smallest absolute Gasteiger partial charge is 0.258 e. The molecule has 1 heterocycles. The molecule has 6 nitrogen and oxygen atoms in total. The van der Waals surface area contributed by atoms with E-state index in [0.29, 0.717) is 16.0 Å². The minimum absolute atomic E-state index is 0.0462. The van der Waals surface area contributed by atoms with Gasteiger partial charge in [-0.15, -0.1) is 0 Å². The maximum atomic E-state index is 12.3. The van der Waals surface area contributed by atoms with Gasteiger partial charge >= 0.3 is 0 Å². The van der Waals surface area contributed by atoms with Crippen LogP contribution in [-0.4, -0.2) is 35.6 Å². The lowest BCUT2D eigenvalue weighted by Gasteiger charge is -2.23. The molecule has 2 aromatic carbocycles. The molecule has 2 N–H and O–H groups in total. The van der Waals surface area contributed by atoms with Gasteiger partial charge < -0.3 is 19.8 Å². The summed E-state index contributed by atoms with van der Waals surface area (Å²) in [5.74, 6) is 1.69.